The van der Waals surface area contributed by atoms with Crippen molar-refractivity contribution in [3.8, 4) is 33.4 Å². The minimum atomic E-state index is 1.26. The van der Waals surface area contributed by atoms with Crippen LogP contribution in [-0.2, 0) is 0 Å². The zero-order chi connectivity index (χ0) is 18.8. The molecule has 0 bridgehead atoms. The largest absolute Gasteiger partial charge is 0.0587 e. The van der Waals surface area contributed by atoms with E-state index in [-0.39, 0.29) is 0 Å². The van der Waals surface area contributed by atoms with Crippen LogP contribution < -0.4 is 0 Å². The highest BCUT2D eigenvalue weighted by Gasteiger charge is 2.06. The highest BCUT2D eigenvalue weighted by atomic mass is 14.1. The van der Waals surface area contributed by atoms with Gasteiger partial charge in [0.05, 0.1) is 0 Å². The van der Waals surface area contributed by atoms with E-state index in [9.17, 15) is 0 Å². The molecule has 0 nitrogen and oxygen atoms in total. The molecule has 4 rings (SSSR count). The zero-order valence-corrected chi connectivity index (χ0v) is 16.2. The second-order valence-corrected chi connectivity index (χ2v) is 7.34. The number of hydrogen-bond acceptors (Lipinski definition) is 0. The molecule has 27 heavy (non-hydrogen) atoms. The first-order valence-electron chi connectivity index (χ1n) is 9.45. The van der Waals surface area contributed by atoms with Gasteiger partial charge >= 0.3 is 0 Å². The molecule has 0 unspecified atom stereocenters. The first-order valence-corrected chi connectivity index (χ1v) is 9.45. The molecule has 0 amide bonds. The fourth-order valence-corrected chi connectivity index (χ4v) is 3.45. The van der Waals surface area contributed by atoms with Crippen molar-refractivity contribution in [1.29, 1.82) is 0 Å². The minimum absolute atomic E-state index is 1.26. The summed E-state index contributed by atoms with van der Waals surface area (Å²) in [5, 5.41) is 0. The van der Waals surface area contributed by atoms with Gasteiger partial charge in [0.1, 0.15) is 0 Å². The Morgan fingerprint density at radius 2 is 0.741 bits per heavy atom. The third-order valence-corrected chi connectivity index (χ3v) is 5.20. The van der Waals surface area contributed by atoms with E-state index < -0.39 is 0 Å². The summed E-state index contributed by atoms with van der Waals surface area (Å²) in [6, 6.07) is 33.1. The Labute approximate surface area is 162 Å². The number of hydrogen-bond donors (Lipinski definition) is 0. The Morgan fingerprint density at radius 3 is 1.26 bits per heavy atom. The maximum absolute atomic E-state index is 2.31. The van der Waals surface area contributed by atoms with Crippen LogP contribution in [0, 0.1) is 20.8 Å². The van der Waals surface area contributed by atoms with E-state index in [1.165, 1.54) is 50.1 Å². The lowest BCUT2D eigenvalue weighted by Gasteiger charge is -2.11. The van der Waals surface area contributed by atoms with Gasteiger partial charge in [-0.1, -0.05) is 96.1 Å². The predicted octanol–water partition coefficient (Wildman–Crippen LogP) is 7.61. The van der Waals surface area contributed by atoms with Gasteiger partial charge in [-0.3, -0.25) is 0 Å². The summed E-state index contributed by atoms with van der Waals surface area (Å²) in [7, 11) is 0. The van der Waals surface area contributed by atoms with Crippen LogP contribution in [0.2, 0.25) is 0 Å². The molecule has 0 radical (unpaired) electrons. The van der Waals surface area contributed by atoms with Crippen LogP contribution in [-0.4, -0.2) is 0 Å². The van der Waals surface area contributed by atoms with Crippen molar-refractivity contribution in [2.45, 2.75) is 20.8 Å². The van der Waals surface area contributed by atoms with Crippen molar-refractivity contribution in [3.63, 3.8) is 0 Å². The fraction of sp³-hybridized carbons (Fsp3) is 0.111. The van der Waals surface area contributed by atoms with E-state index in [1.54, 1.807) is 0 Å². The van der Waals surface area contributed by atoms with Crippen molar-refractivity contribution >= 4 is 0 Å². The Morgan fingerprint density at radius 1 is 0.370 bits per heavy atom. The van der Waals surface area contributed by atoms with Crippen molar-refractivity contribution in [1.82, 2.24) is 0 Å². The summed E-state index contributed by atoms with van der Waals surface area (Å²) >= 11 is 0. The third kappa shape index (κ3) is 3.71. The molecule has 0 saturated carbocycles. The third-order valence-electron chi connectivity index (χ3n) is 5.20. The second-order valence-electron chi connectivity index (χ2n) is 7.34. The van der Waals surface area contributed by atoms with Crippen LogP contribution in [0.5, 0.6) is 0 Å². The van der Waals surface area contributed by atoms with Gasteiger partial charge in [-0.05, 0) is 65.8 Å². The van der Waals surface area contributed by atoms with Gasteiger partial charge in [-0.25, -0.2) is 0 Å². The molecule has 0 aliphatic heterocycles. The summed E-state index contributed by atoms with van der Waals surface area (Å²) in [6.45, 7) is 6.43. The molecule has 4 aromatic carbocycles. The lowest BCUT2D eigenvalue weighted by Crippen LogP contribution is -1.87. The average Bonchev–Trinajstić information content (AvgIpc) is 2.70. The van der Waals surface area contributed by atoms with E-state index in [4.69, 9.17) is 0 Å². The average molecular weight is 348 g/mol. The zero-order valence-electron chi connectivity index (χ0n) is 16.2. The maximum Gasteiger partial charge on any atom is -0.0149 e. The molecule has 0 aliphatic carbocycles. The lowest BCUT2D eigenvalue weighted by atomic mass is 9.93. The van der Waals surface area contributed by atoms with Crippen molar-refractivity contribution < 1.29 is 0 Å². The molecule has 0 saturated heterocycles. The highest BCUT2D eigenvalue weighted by Crippen LogP contribution is 2.31. The molecular formula is C27H24. The molecule has 0 spiro atoms. The molecule has 0 N–H and O–H groups in total. The predicted molar refractivity (Wildman–Crippen MR) is 117 cm³/mol. The maximum atomic E-state index is 2.31. The first-order chi connectivity index (χ1) is 13.1. The van der Waals surface area contributed by atoms with Gasteiger partial charge in [0.25, 0.3) is 0 Å². The summed E-state index contributed by atoms with van der Waals surface area (Å²) in [5.74, 6) is 0. The molecule has 0 heteroatoms. The van der Waals surface area contributed by atoms with Crippen LogP contribution >= 0.6 is 0 Å². The van der Waals surface area contributed by atoms with Gasteiger partial charge in [0, 0.05) is 0 Å². The lowest BCUT2D eigenvalue weighted by molar-refractivity contribution is 1.44. The van der Waals surface area contributed by atoms with E-state index in [0.29, 0.717) is 0 Å². The quantitative estimate of drug-likeness (QED) is 0.357. The van der Waals surface area contributed by atoms with Gasteiger partial charge in [0.15, 0.2) is 0 Å². The molecule has 0 fully saturated rings. The Hall–Kier alpha value is -3.12. The Balaban J connectivity index is 1.69. The monoisotopic (exact) mass is 348 g/mol. The Kier molecular flexibility index (Phi) is 4.64. The summed E-state index contributed by atoms with van der Waals surface area (Å²) < 4.78 is 0. The molecule has 0 atom stereocenters. The van der Waals surface area contributed by atoms with E-state index in [1.807, 2.05) is 0 Å². The smallest absolute Gasteiger partial charge is 0.0149 e. The number of benzene rings is 4. The van der Waals surface area contributed by atoms with E-state index >= 15 is 0 Å². The summed E-state index contributed by atoms with van der Waals surface area (Å²) in [6.07, 6.45) is 0. The second kappa shape index (κ2) is 7.25. The standard InChI is InChI=1S/C27H24/c1-19-4-9-22(10-5-19)23-14-16-25(17-15-23)27-18-26(13-8-21(27)3)24-11-6-20(2)7-12-24/h4-18H,1-3H3. The number of aryl methyl sites for hydroxylation is 3. The molecule has 4 aromatic rings. The van der Waals surface area contributed by atoms with Crippen molar-refractivity contribution in [2.24, 2.45) is 0 Å². The minimum Gasteiger partial charge on any atom is -0.0587 e. The SMILES string of the molecule is Cc1ccc(-c2ccc(-c3cc(-c4ccc(C)cc4)ccc3C)cc2)cc1. The summed E-state index contributed by atoms with van der Waals surface area (Å²) in [4.78, 5) is 0. The topological polar surface area (TPSA) is 0 Å². The van der Waals surface area contributed by atoms with Gasteiger partial charge in [0.2, 0.25) is 0 Å². The molecular weight excluding hydrogens is 324 g/mol. The van der Waals surface area contributed by atoms with Crippen molar-refractivity contribution in [3.05, 3.63) is 108 Å². The van der Waals surface area contributed by atoms with Crippen LogP contribution in [0.25, 0.3) is 33.4 Å². The van der Waals surface area contributed by atoms with Crippen LogP contribution in [0.1, 0.15) is 16.7 Å². The van der Waals surface area contributed by atoms with Crippen molar-refractivity contribution in [2.75, 3.05) is 0 Å². The van der Waals surface area contributed by atoms with Crippen LogP contribution in [0.3, 0.4) is 0 Å². The molecule has 132 valence electrons. The fourth-order valence-electron chi connectivity index (χ4n) is 3.45. The van der Waals surface area contributed by atoms with E-state index in [2.05, 4.69) is 112 Å². The molecule has 0 aliphatic rings. The molecule has 0 heterocycles. The number of rotatable bonds is 3. The van der Waals surface area contributed by atoms with Gasteiger partial charge < -0.3 is 0 Å². The van der Waals surface area contributed by atoms with Crippen LogP contribution in [0.4, 0.5) is 0 Å². The van der Waals surface area contributed by atoms with Gasteiger partial charge in [-0.2, -0.15) is 0 Å². The summed E-state index contributed by atoms with van der Waals surface area (Å²) in [5.41, 5.74) is 11.5. The molecule has 0 aromatic heterocycles. The normalized spacial score (nSPS) is 10.8. The van der Waals surface area contributed by atoms with E-state index in [0.717, 1.165) is 0 Å². The first kappa shape index (κ1) is 17.3. The van der Waals surface area contributed by atoms with Gasteiger partial charge in [-0.15, -0.1) is 0 Å². The highest BCUT2D eigenvalue weighted by molar-refractivity contribution is 5.77. The Bertz CT molecular complexity index is 1050. The van der Waals surface area contributed by atoms with Crippen LogP contribution in [0.15, 0.2) is 91.0 Å².